The van der Waals surface area contributed by atoms with Crippen molar-refractivity contribution >= 4 is 22.6 Å². The molecule has 1 nitrogen and oxygen atoms in total. The molecule has 0 aliphatic rings. The van der Waals surface area contributed by atoms with E-state index in [1.807, 2.05) is 6.07 Å². The van der Waals surface area contributed by atoms with Gasteiger partial charge < -0.3 is 5.73 Å². The molecule has 1 rings (SSSR count). The van der Waals surface area contributed by atoms with E-state index in [0.717, 1.165) is 9.13 Å². The van der Waals surface area contributed by atoms with Crippen LogP contribution in [0.1, 0.15) is 5.56 Å². The Labute approximate surface area is 72.6 Å². The third-order valence-electron chi connectivity index (χ3n) is 1.16. The summed E-state index contributed by atoms with van der Waals surface area (Å²) in [5.41, 5.74) is 6.15. The van der Waals surface area contributed by atoms with Gasteiger partial charge in [-0.05, 0) is 46.4 Å². The standard InChI is InChI=1S/C7H7FIN/c8-6-1-5(4-10)2-7(9)3-6/h1-3H,4,10H2. The van der Waals surface area contributed by atoms with Gasteiger partial charge in [-0.25, -0.2) is 4.39 Å². The zero-order chi connectivity index (χ0) is 7.56. The van der Waals surface area contributed by atoms with Crippen LogP contribution in [-0.4, -0.2) is 0 Å². The number of hydrogen-bond donors (Lipinski definition) is 1. The Bertz CT molecular complexity index is 217. The third kappa shape index (κ3) is 1.91. The summed E-state index contributed by atoms with van der Waals surface area (Å²) >= 11 is 2.06. The molecule has 0 amide bonds. The van der Waals surface area contributed by atoms with Crippen molar-refractivity contribution in [2.45, 2.75) is 6.54 Å². The molecular formula is C7H7FIN. The summed E-state index contributed by atoms with van der Waals surface area (Å²) in [6.07, 6.45) is 0. The normalized spacial score (nSPS) is 9.90. The number of rotatable bonds is 1. The SMILES string of the molecule is NCc1cc(F)cc(I)c1. The molecule has 1 aromatic rings. The lowest BCUT2D eigenvalue weighted by atomic mass is 10.2. The maximum Gasteiger partial charge on any atom is 0.124 e. The minimum absolute atomic E-state index is 0.215. The first-order valence-corrected chi connectivity index (χ1v) is 3.95. The second kappa shape index (κ2) is 3.30. The van der Waals surface area contributed by atoms with Crippen LogP contribution in [0.3, 0.4) is 0 Å². The fourth-order valence-electron chi connectivity index (χ4n) is 0.729. The van der Waals surface area contributed by atoms with E-state index in [2.05, 4.69) is 22.6 Å². The lowest BCUT2D eigenvalue weighted by Gasteiger charge is -1.96. The first-order chi connectivity index (χ1) is 4.72. The number of hydrogen-bond acceptors (Lipinski definition) is 1. The molecule has 0 radical (unpaired) electrons. The van der Waals surface area contributed by atoms with Crippen molar-refractivity contribution in [1.82, 2.24) is 0 Å². The van der Waals surface area contributed by atoms with Crippen LogP contribution in [0.25, 0.3) is 0 Å². The van der Waals surface area contributed by atoms with Crippen molar-refractivity contribution in [3.05, 3.63) is 33.1 Å². The van der Waals surface area contributed by atoms with Gasteiger partial charge in [-0.2, -0.15) is 0 Å². The van der Waals surface area contributed by atoms with Crippen molar-refractivity contribution in [2.75, 3.05) is 0 Å². The Morgan fingerprint density at radius 3 is 2.60 bits per heavy atom. The monoisotopic (exact) mass is 251 g/mol. The smallest absolute Gasteiger partial charge is 0.124 e. The van der Waals surface area contributed by atoms with E-state index >= 15 is 0 Å². The van der Waals surface area contributed by atoms with Crippen LogP contribution in [0.4, 0.5) is 4.39 Å². The summed E-state index contributed by atoms with van der Waals surface area (Å²) in [7, 11) is 0. The fraction of sp³-hybridized carbons (Fsp3) is 0.143. The second-order valence-corrected chi connectivity index (χ2v) is 3.23. The van der Waals surface area contributed by atoms with E-state index in [-0.39, 0.29) is 5.82 Å². The van der Waals surface area contributed by atoms with Crippen molar-refractivity contribution < 1.29 is 4.39 Å². The van der Waals surface area contributed by atoms with Crippen LogP contribution >= 0.6 is 22.6 Å². The van der Waals surface area contributed by atoms with Crippen LogP contribution in [-0.2, 0) is 6.54 Å². The Kier molecular flexibility index (Phi) is 2.62. The molecule has 54 valence electrons. The number of nitrogens with two attached hydrogens (primary N) is 1. The number of benzene rings is 1. The molecule has 0 atom stereocenters. The van der Waals surface area contributed by atoms with Gasteiger partial charge in [0.05, 0.1) is 0 Å². The Hall–Kier alpha value is -0.160. The molecule has 0 aliphatic heterocycles. The van der Waals surface area contributed by atoms with E-state index < -0.39 is 0 Å². The molecule has 0 fully saturated rings. The third-order valence-corrected chi connectivity index (χ3v) is 1.78. The molecule has 0 aromatic heterocycles. The quantitative estimate of drug-likeness (QED) is 0.758. The predicted molar refractivity (Wildman–Crippen MR) is 47.0 cm³/mol. The zero-order valence-electron chi connectivity index (χ0n) is 5.27. The highest BCUT2D eigenvalue weighted by Gasteiger charge is 1.95. The molecule has 0 aliphatic carbocycles. The van der Waals surface area contributed by atoms with Gasteiger partial charge in [0.2, 0.25) is 0 Å². The van der Waals surface area contributed by atoms with Gasteiger partial charge in [-0.3, -0.25) is 0 Å². The van der Waals surface area contributed by atoms with Crippen LogP contribution in [0, 0.1) is 9.39 Å². The molecule has 0 bridgehead atoms. The first-order valence-electron chi connectivity index (χ1n) is 2.87. The van der Waals surface area contributed by atoms with Gasteiger partial charge in [-0.1, -0.05) is 0 Å². The molecule has 3 heteroatoms. The van der Waals surface area contributed by atoms with E-state index in [4.69, 9.17) is 5.73 Å². The summed E-state index contributed by atoms with van der Waals surface area (Å²) in [5, 5.41) is 0. The van der Waals surface area contributed by atoms with Crippen molar-refractivity contribution in [3.63, 3.8) is 0 Å². The van der Waals surface area contributed by atoms with Gasteiger partial charge in [-0.15, -0.1) is 0 Å². The highest BCUT2D eigenvalue weighted by atomic mass is 127. The summed E-state index contributed by atoms with van der Waals surface area (Å²) in [5.74, 6) is -0.215. The highest BCUT2D eigenvalue weighted by molar-refractivity contribution is 14.1. The topological polar surface area (TPSA) is 26.0 Å². The molecule has 0 saturated carbocycles. The fourth-order valence-corrected chi connectivity index (χ4v) is 1.43. The maximum atomic E-state index is 12.6. The lowest BCUT2D eigenvalue weighted by Crippen LogP contribution is -1.96. The van der Waals surface area contributed by atoms with Gasteiger partial charge >= 0.3 is 0 Å². The lowest BCUT2D eigenvalue weighted by molar-refractivity contribution is 0.624. The largest absolute Gasteiger partial charge is 0.326 e. The molecule has 10 heavy (non-hydrogen) atoms. The van der Waals surface area contributed by atoms with E-state index in [1.54, 1.807) is 0 Å². The van der Waals surface area contributed by atoms with Gasteiger partial charge in [0.25, 0.3) is 0 Å². The number of halogens is 2. The summed E-state index contributed by atoms with van der Waals surface area (Å²) in [6.45, 7) is 0.397. The van der Waals surface area contributed by atoms with Crippen molar-refractivity contribution in [2.24, 2.45) is 5.73 Å². The average molecular weight is 251 g/mol. The molecular weight excluding hydrogens is 244 g/mol. The van der Waals surface area contributed by atoms with E-state index in [0.29, 0.717) is 6.54 Å². The van der Waals surface area contributed by atoms with Crippen molar-refractivity contribution in [3.8, 4) is 0 Å². The first kappa shape index (κ1) is 7.94. The molecule has 2 N–H and O–H groups in total. The summed E-state index contributed by atoms with van der Waals surface area (Å²) in [6, 6.07) is 4.78. The van der Waals surface area contributed by atoms with Gasteiger partial charge in [0.1, 0.15) is 5.82 Å². The minimum atomic E-state index is -0.215. The minimum Gasteiger partial charge on any atom is -0.326 e. The maximum absolute atomic E-state index is 12.6. The van der Waals surface area contributed by atoms with E-state index in [9.17, 15) is 4.39 Å². The summed E-state index contributed by atoms with van der Waals surface area (Å²) < 4.78 is 13.4. The second-order valence-electron chi connectivity index (χ2n) is 1.98. The molecule has 0 spiro atoms. The molecule has 0 heterocycles. The zero-order valence-corrected chi connectivity index (χ0v) is 7.43. The van der Waals surface area contributed by atoms with Crippen LogP contribution < -0.4 is 5.73 Å². The molecule has 0 saturated heterocycles. The van der Waals surface area contributed by atoms with Crippen molar-refractivity contribution in [1.29, 1.82) is 0 Å². The molecule has 1 aromatic carbocycles. The van der Waals surface area contributed by atoms with Crippen LogP contribution in [0.15, 0.2) is 18.2 Å². The predicted octanol–water partition coefficient (Wildman–Crippen LogP) is 1.89. The molecule has 0 unspecified atom stereocenters. The summed E-state index contributed by atoms with van der Waals surface area (Å²) in [4.78, 5) is 0. The highest BCUT2D eigenvalue weighted by Crippen LogP contribution is 2.10. The Balaban J connectivity index is 3.06. The van der Waals surface area contributed by atoms with Crippen LogP contribution in [0.2, 0.25) is 0 Å². The van der Waals surface area contributed by atoms with Gasteiger partial charge in [0.15, 0.2) is 0 Å². The average Bonchev–Trinajstić information content (AvgIpc) is 1.85. The van der Waals surface area contributed by atoms with Gasteiger partial charge in [0, 0.05) is 10.1 Å². The Morgan fingerprint density at radius 2 is 2.10 bits per heavy atom. The van der Waals surface area contributed by atoms with Crippen LogP contribution in [0.5, 0.6) is 0 Å². The van der Waals surface area contributed by atoms with E-state index in [1.165, 1.54) is 12.1 Å². The Morgan fingerprint density at radius 1 is 1.40 bits per heavy atom.